The van der Waals surface area contributed by atoms with E-state index in [0.29, 0.717) is 28.7 Å². The van der Waals surface area contributed by atoms with E-state index in [4.69, 9.17) is 4.74 Å². The monoisotopic (exact) mass is 274 g/mol. The van der Waals surface area contributed by atoms with Gasteiger partial charge in [0.2, 0.25) is 0 Å². The fourth-order valence-corrected chi connectivity index (χ4v) is 2.88. The Bertz CT molecular complexity index is 563. The zero-order valence-electron chi connectivity index (χ0n) is 12.8. The van der Waals surface area contributed by atoms with Gasteiger partial charge >= 0.3 is 0 Å². The van der Waals surface area contributed by atoms with Crippen LogP contribution in [0.4, 0.5) is 0 Å². The Morgan fingerprint density at radius 2 is 1.70 bits per heavy atom. The van der Waals surface area contributed by atoms with Gasteiger partial charge in [0.15, 0.2) is 11.6 Å². The molecule has 3 nitrogen and oxygen atoms in total. The molecule has 1 heterocycles. The highest BCUT2D eigenvalue weighted by atomic mass is 16.5. The molecule has 1 aliphatic heterocycles. The second-order valence-corrected chi connectivity index (χ2v) is 6.10. The van der Waals surface area contributed by atoms with E-state index in [2.05, 4.69) is 6.58 Å². The minimum absolute atomic E-state index is 0.000923. The smallest absolute Gasteiger partial charge is 0.185 e. The van der Waals surface area contributed by atoms with Gasteiger partial charge in [0, 0.05) is 28.7 Å². The second kappa shape index (κ2) is 5.04. The number of hydrogen-bond acceptors (Lipinski definition) is 3. The largest absolute Gasteiger partial charge is 0.493 e. The predicted molar refractivity (Wildman–Crippen MR) is 78.2 cm³/mol. The molecule has 0 N–H and O–H groups in total. The summed E-state index contributed by atoms with van der Waals surface area (Å²) < 4.78 is 5.76. The van der Waals surface area contributed by atoms with Crippen molar-refractivity contribution in [2.24, 2.45) is 0 Å². The van der Waals surface area contributed by atoms with Gasteiger partial charge in [-0.1, -0.05) is 6.58 Å². The van der Waals surface area contributed by atoms with Gasteiger partial charge < -0.3 is 4.74 Å². The van der Waals surface area contributed by atoms with Gasteiger partial charge in [-0.25, -0.2) is 0 Å². The van der Waals surface area contributed by atoms with E-state index < -0.39 is 0 Å². The standard InChI is InChI=1S/C17H22O3/c1-10-6-8-17(5,20-10)9-7-14-13(4)15(18)11(2)12(3)16(14)19/h1,6-9H2,2-5H3/t17-/m1/s1. The maximum absolute atomic E-state index is 12.3. The molecule has 0 saturated carbocycles. The molecule has 0 amide bonds. The third-order valence-electron chi connectivity index (χ3n) is 4.54. The fraction of sp³-hybridized carbons (Fsp3) is 0.529. The maximum atomic E-state index is 12.3. The summed E-state index contributed by atoms with van der Waals surface area (Å²) in [4.78, 5) is 24.4. The maximum Gasteiger partial charge on any atom is 0.185 e. The first-order valence-electron chi connectivity index (χ1n) is 7.08. The number of ether oxygens (including phenoxy) is 1. The third-order valence-corrected chi connectivity index (χ3v) is 4.54. The SMILES string of the molecule is C=C1CC[C@](C)(CCC2=C(C)C(=O)C(C)=C(C)C2=O)O1. The van der Waals surface area contributed by atoms with Crippen molar-refractivity contribution in [1.82, 2.24) is 0 Å². The molecule has 1 atom stereocenters. The van der Waals surface area contributed by atoms with E-state index in [-0.39, 0.29) is 17.2 Å². The number of carbonyl (C=O) groups is 2. The summed E-state index contributed by atoms with van der Waals surface area (Å²) in [5.41, 5.74) is 2.15. The van der Waals surface area contributed by atoms with Crippen LogP contribution in [0.3, 0.4) is 0 Å². The topological polar surface area (TPSA) is 43.4 Å². The summed E-state index contributed by atoms with van der Waals surface area (Å²) in [6.45, 7) is 11.1. The molecule has 20 heavy (non-hydrogen) atoms. The van der Waals surface area contributed by atoms with Crippen LogP contribution < -0.4 is 0 Å². The van der Waals surface area contributed by atoms with E-state index in [1.807, 2.05) is 6.92 Å². The lowest BCUT2D eigenvalue weighted by Gasteiger charge is -2.26. The van der Waals surface area contributed by atoms with E-state index in [9.17, 15) is 9.59 Å². The fourth-order valence-electron chi connectivity index (χ4n) is 2.88. The highest BCUT2D eigenvalue weighted by molar-refractivity contribution is 6.24. The molecule has 1 saturated heterocycles. The Hall–Kier alpha value is -1.64. The van der Waals surface area contributed by atoms with Gasteiger partial charge in [-0.2, -0.15) is 0 Å². The normalized spacial score (nSPS) is 27.5. The van der Waals surface area contributed by atoms with Crippen molar-refractivity contribution in [1.29, 1.82) is 0 Å². The highest BCUT2D eigenvalue weighted by Crippen LogP contribution is 2.37. The summed E-state index contributed by atoms with van der Waals surface area (Å²) in [5.74, 6) is 0.829. The van der Waals surface area contributed by atoms with E-state index >= 15 is 0 Å². The third kappa shape index (κ3) is 2.49. The summed E-state index contributed by atoms with van der Waals surface area (Å²) in [6.07, 6.45) is 3.13. The zero-order valence-corrected chi connectivity index (χ0v) is 12.8. The minimum atomic E-state index is -0.252. The molecule has 1 aliphatic carbocycles. The average molecular weight is 274 g/mol. The van der Waals surface area contributed by atoms with Crippen molar-refractivity contribution in [2.75, 3.05) is 0 Å². The van der Waals surface area contributed by atoms with Crippen LogP contribution in [0.2, 0.25) is 0 Å². The molecular weight excluding hydrogens is 252 g/mol. The molecule has 0 bridgehead atoms. The van der Waals surface area contributed by atoms with Crippen molar-refractivity contribution < 1.29 is 14.3 Å². The lowest BCUT2D eigenvalue weighted by molar-refractivity contribution is -0.116. The Morgan fingerprint density at radius 3 is 2.25 bits per heavy atom. The average Bonchev–Trinajstić information content (AvgIpc) is 2.74. The summed E-state index contributed by atoms with van der Waals surface area (Å²) >= 11 is 0. The molecule has 108 valence electrons. The number of carbonyl (C=O) groups excluding carboxylic acids is 2. The molecule has 3 heteroatoms. The molecule has 2 rings (SSSR count). The van der Waals surface area contributed by atoms with Crippen LogP contribution in [0.1, 0.15) is 53.4 Å². The van der Waals surface area contributed by atoms with Crippen LogP contribution in [-0.4, -0.2) is 17.2 Å². The first-order valence-corrected chi connectivity index (χ1v) is 7.08. The Kier molecular flexibility index (Phi) is 3.72. The number of ketones is 2. The molecular formula is C17H22O3. The number of allylic oxidation sites excluding steroid dienone is 5. The number of Topliss-reactive ketones (excluding diaryl/α,β-unsaturated/α-hetero) is 2. The van der Waals surface area contributed by atoms with Crippen molar-refractivity contribution in [3.8, 4) is 0 Å². The van der Waals surface area contributed by atoms with Crippen LogP contribution in [0.5, 0.6) is 0 Å². The van der Waals surface area contributed by atoms with Gasteiger partial charge in [0.1, 0.15) is 5.60 Å². The Morgan fingerprint density at radius 1 is 1.10 bits per heavy atom. The lowest BCUT2D eigenvalue weighted by atomic mass is 9.82. The molecule has 0 aromatic carbocycles. The van der Waals surface area contributed by atoms with Gasteiger partial charge in [-0.15, -0.1) is 0 Å². The van der Waals surface area contributed by atoms with Gasteiger partial charge in [-0.3, -0.25) is 9.59 Å². The second-order valence-electron chi connectivity index (χ2n) is 6.10. The van der Waals surface area contributed by atoms with Gasteiger partial charge in [-0.05, 0) is 47.0 Å². The van der Waals surface area contributed by atoms with Crippen molar-refractivity contribution >= 4 is 11.6 Å². The molecule has 0 aromatic heterocycles. The van der Waals surface area contributed by atoms with Crippen molar-refractivity contribution in [3.05, 3.63) is 34.6 Å². The first kappa shape index (κ1) is 14.8. The van der Waals surface area contributed by atoms with E-state index in [1.165, 1.54) is 0 Å². The van der Waals surface area contributed by atoms with Gasteiger partial charge in [0.05, 0.1) is 5.76 Å². The van der Waals surface area contributed by atoms with Gasteiger partial charge in [0.25, 0.3) is 0 Å². The molecule has 1 fully saturated rings. The van der Waals surface area contributed by atoms with Crippen LogP contribution in [0.15, 0.2) is 34.6 Å². The van der Waals surface area contributed by atoms with Crippen LogP contribution >= 0.6 is 0 Å². The highest BCUT2D eigenvalue weighted by Gasteiger charge is 2.35. The van der Waals surface area contributed by atoms with Crippen LogP contribution in [0, 0.1) is 0 Å². The molecule has 2 aliphatic rings. The molecule has 0 aromatic rings. The van der Waals surface area contributed by atoms with Crippen LogP contribution in [-0.2, 0) is 14.3 Å². The van der Waals surface area contributed by atoms with Crippen molar-refractivity contribution in [2.45, 2.75) is 59.0 Å². The predicted octanol–water partition coefficient (Wildman–Crippen LogP) is 3.65. The van der Waals surface area contributed by atoms with Crippen molar-refractivity contribution in [3.63, 3.8) is 0 Å². The zero-order chi connectivity index (χ0) is 15.1. The first-order chi connectivity index (χ1) is 9.25. The molecule has 0 spiro atoms. The Balaban J connectivity index is 2.15. The van der Waals surface area contributed by atoms with E-state index in [0.717, 1.165) is 25.0 Å². The molecule has 0 unspecified atom stereocenters. The molecule has 0 radical (unpaired) electrons. The summed E-state index contributed by atoms with van der Waals surface area (Å²) in [6, 6.07) is 0. The number of rotatable bonds is 3. The Labute approximate surface area is 120 Å². The van der Waals surface area contributed by atoms with E-state index in [1.54, 1.807) is 20.8 Å². The van der Waals surface area contributed by atoms with Crippen LogP contribution in [0.25, 0.3) is 0 Å². The summed E-state index contributed by atoms with van der Waals surface area (Å²) in [7, 11) is 0. The quantitative estimate of drug-likeness (QED) is 0.738. The lowest BCUT2D eigenvalue weighted by Crippen LogP contribution is -2.26. The minimum Gasteiger partial charge on any atom is -0.493 e. The summed E-state index contributed by atoms with van der Waals surface area (Å²) in [5, 5.41) is 0. The number of hydrogen-bond donors (Lipinski definition) is 0.